The van der Waals surface area contributed by atoms with Crippen molar-refractivity contribution in [2.75, 3.05) is 17.2 Å². The molecule has 4 nitrogen and oxygen atoms in total. The summed E-state index contributed by atoms with van der Waals surface area (Å²) in [5.74, 6) is 2.18. The zero-order chi connectivity index (χ0) is 13.0. The van der Waals surface area contributed by atoms with Gasteiger partial charge in [0.1, 0.15) is 0 Å². The van der Waals surface area contributed by atoms with E-state index in [-0.39, 0.29) is 5.56 Å². The van der Waals surface area contributed by atoms with E-state index in [0.29, 0.717) is 23.1 Å². The molecule has 0 fully saturated rings. The number of thioether (sulfide) groups is 1. The number of hydrogen-bond acceptors (Lipinski definition) is 4. The molecule has 0 saturated carbocycles. The van der Waals surface area contributed by atoms with E-state index < -0.39 is 0 Å². The number of anilines is 1. The molecule has 0 unspecified atom stereocenters. The van der Waals surface area contributed by atoms with Gasteiger partial charge in [-0.3, -0.25) is 9.36 Å². The highest BCUT2D eigenvalue weighted by Crippen LogP contribution is 2.11. The molecule has 1 heterocycles. The summed E-state index contributed by atoms with van der Waals surface area (Å²) in [5, 5.41) is 0.598. The number of benzene rings is 1. The zero-order valence-corrected chi connectivity index (χ0v) is 11.2. The van der Waals surface area contributed by atoms with Crippen LogP contribution in [0.25, 0.3) is 10.9 Å². The Bertz CT molecular complexity index is 594. The van der Waals surface area contributed by atoms with Crippen LogP contribution in [0, 0.1) is 0 Å². The second-order valence-electron chi connectivity index (χ2n) is 4.07. The van der Waals surface area contributed by atoms with Crippen LogP contribution in [0.15, 0.2) is 29.3 Å². The molecule has 0 aliphatic heterocycles. The highest BCUT2D eigenvalue weighted by Gasteiger charge is 2.04. The van der Waals surface area contributed by atoms with E-state index in [1.54, 1.807) is 29.1 Å². The molecule has 0 aliphatic carbocycles. The van der Waals surface area contributed by atoms with Gasteiger partial charge in [0.05, 0.1) is 17.2 Å². The Morgan fingerprint density at radius 1 is 1.44 bits per heavy atom. The number of nitrogens with two attached hydrogens (primary N) is 1. The van der Waals surface area contributed by atoms with Crippen LogP contribution >= 0.6 is 11.8 Å². The molecule has 0 amide bonds. The van der Waals surface area contributed by atoms with Gasteiger partial charge in [0.15, 0.2) is 0 Å². The van der Waals surface area contributed by atoms with Gasteiger partial charge in [-0.25, -0.2) is 4.98 Å². The summed E-state index contributed by atoms with van der Waals surface area (Å²) in [6.07, 6.45) is 2.60. The van der Waals surface area contributed by atoms with Gasteiger partial charge in [0.25, 0.3) is 5.56 Å². The minimum atomic E-state index is -0.00574. The number of hydrogen-bond donors (Lipinski definition) is 1. The second kappa shape index (κ2) is 5.91. The van der Waals surface area contributed by atoms with Crippen molar-refractivity contribution in [3.8, 4) is 0 Å². The molecule has 0 bridgehead atoms. The number of nitrogens with zero attached hydrogens (tertiary/aromatic N) is 2. The van der Waals surface area contributed by atoms with Crippen molar-refractivity contribution in [1.29, 1.82) is 0 Å². The van der Waals surface area contributed by atoms with Gasteiger partial charge in [-0.2, -0.15) is 11.8 Å². The first-order chi connectivity index (χ1) is 8.72. The average Bonchev–Trinajstić information content (AvgIpc) is 2.38. The maximum atomic E-state index is 12.2. The number of aryl methyl sites for hydroxylation is 1. The molecule has 5 heteroatoms. The predicted molar refractivity (Wildman–Crippen MR) is 78.0 cm³/mol. The van der Waals surface area contributed by atoms with E-state index in [0.717, 1.165) is 17.9 Å². The number of aromatic nitrogens is 2. The van der Waals surface area contributed by atoms with Crippen molar-refractivity contribution >= 4 is 28.4 Å². The molecule has 0 saturated heterocycles. The van der Waals surface area contributed by atoms with Gasteiger partial charge in [-0.1, -0.05) is 6.92 Å². The van der Waals surface area contributed by atoms with Crippen molar-refractivity contribution < 1.29 is 0 Å². The zero-order valence-electron chi connectivity index (χ0n) is 10.4. The van der Waals surface area contributed by atoms with Gasteiger partial charge >= 0.3 is 0 Å². The predicted octanol–water partition coefficient (Wildman–Crippen LogP) is 2.12. The summed E-state index contributed by atoms with van der Waals surface area (Å²) in [6.45, 7) is 2.85. The minimum Gasteiger partial charge on any atom is -0.399 e. The molecule has 0 aliphatic rings. The van der Waals surface area contributed by atoms with Crippen LogP contribution in [0.5, 0.6) is 0 Å². The van der Waals surface area contributed by atoms with E-state index >= 15 is 0 Å². The Morgan fingerprint density at radius 2 is 2.28 bits per heavy atom. The van der Waals surface area contributed by atoms with Gasteiger partial charge in [-0.15, -0.1) is 0 Å². The van der Waals surface area contributed by atoms with Crippen molar-refractivity contribution in [3.05, 3.63) is 34.9 Å². The van der Waals surface area contributed by atoms with Crippen molar-refractivity contribution in [3.63, 3.8) is 0 Å². The summed E-state index contributed by atoms with van der Waals surface area (Å²) in [7, 11) is 0. The van der Waals surface area contributed by atoms with Gasteiger partial charge < -0.3 is 5.73 Å². The van der Waals surface area contributed by atoms with Crippen LogP contribution in [0.3, 0.4) is 0 Å². The molecule has 2 N–H and O–H groups in total. The van der Waals surface area contributed by atoms with Gasteiger partial charge in [0, 0.05) is 12.2 Å². The van der Waals surface area contributed by atoms with E-state index in [1.807, 2.05) is 11.8 Å². The lowest BCUT2D eigenvalue weighted by molar-refractivity contribution is 0.652. The maximum absolute atomic E-state index is 12.2. The molecular formula is C13H17N3OS. The quantitative estimate of drug-likeness (QED) is 0.663. The lowest BCUT2D eigenvalue weighted by Crippen LogP contribution is -2.21. The van der Waals surface area contributed by atoms with E-state index in [4.69, 9.17) is 5.73 Å². The number of nitrogen functional groups attached to an aromatic ring is 1. The molecule has 96 valence electrons. The van der Waals surface area contributed by atoms with Crippen LogP contribution in [0.2, 0.25) is 0 Å². The molecule has 2 rings (SSSR count). The third-order valence-corrected chi connectivity index (χ3v) is 3.73. The minimum absolute atomic E-state index is 0.00574. The fourth-order valence-corrected chi connectivity index (χ4v) is 2.44. The molecule has 18 heavy (non-hydrogen) atoms. The van der Waals surface area contributed by atoms with Gasteiger partial charge in [-0.05, 0) is 36.1 Å². The van der Waals surface area contributed by atoms with Crippen LogP contribution in [0.1, 0.15) is 13.3 Å². The van der Waals surface area contributed by atoms with E-state index in [2.05, 4.69) is 11.9 Å². The normalized spacial score (nSPS) is 10.9. The van der Waals surface area contributed by atoms with Crippen molar-refractivity contribution in [2.24, 2.45) is 0 Å². The van der Waals surface area contributed by atoms with Crippen LogP contribution in [0.4, 0.5) is 5.69 Å². The average molecular weight is 263 g/mol. The highest BCUT2D eigenvalue weighted by atomic mass is 32.2. The monoisotopic (exact) mass is 263 g/mol. The molecular weight excluding hydrogens is 246 g/mol. The fourth-order valence-electron chi connectivity index (χ4n) is 1.82. The first-order valence-corrected chi connectivity index (χ1v) is 7.20. The Hall–Kier alpha value is -1.49. The summed E-state index contributed by atoms with van der Waals surface area (Å²) in [6, 6.07) is 5.24. The number of fused-ring (bicyclic) bond motifs is 1. The van der Waals surface area contributed by atoms with Crippen LogP contribution in [-0.2, 0) is 6.54 Å². The maximum Gasteiger partial charge on any atom is 0.261 e. The topological polar surface area (TPSA) is 60.9 Å². The molecule has 2 aromatic rings. The fraction of sp³-hybridized carbons (Fsp3) is 0.385. The smallest absolute Gasteiger partial charge is 0.261 e. The highest BCUT2D eigenvalue weighted by molar-refractivity contribution is 7.99. The Kier molecular flexibility index (Phi) is 4.25. The summed E-state index contributed by atoms with van der Waals surface area (Å²) < 4.78 is 1.66. The second-order valence-corrected chi connectivity index (χ2v) is 5.46. The molecule has 1 aromatic heterocycles. The summed E-state index contributed by atoms with van der Waals surface area (Å²) in [4.78, 5) is 16.5. The van der Waals surface area contributed by atoms with E-state index in [9.17, 15) is 4.79 Å². The molecule has 0 atom stereocenters. The lowest BCUT2D eigenvalue weighted by atomic mass is 10.2. The third kappa shape index (κ3) is 2.85. The first kappa shape index (κ1) is 13.0. The summed E-state index contributed by atoms with van der Waals surface area (Å²) >= 11 is 1.88. The lowest BCUT2D eigenvalue weighted by Gasteiger charge is -2.06. The van der Waals surface area contributed by atoms with Crippen LogP contribution in [-0.4, -0.2) is 21.1 Å². The Morgan fingerprint density at radius 3 is 3.06 bits per heavy atom. The SMILES string of the molecule is CCSCCCn1cnc2ccc(N)cc2c1=O. The van der Waals surface area contributed by atoms with Crippen LogP contribution < -0.4 is 11.3 Å². The standard InChI is InChI=1S/C13H17N3OS/c1-2-18-7-3-6-16-9-15-12-5-4-10(14)8-11(12)13(16)17/h4-5,8-9H,2-3,6-7,14H2,1H3. The third-order valence-electron chi connectivity index (χ3n) is 2.74. The Balaban J connectivity index is 2.24. The molecule has 0 radical (unpaired) electrons. The van der Waals surface area contributed by atoms with Gasteiger partial charge in [0.2, 0.25) is 0 Å². The van der Waals surface area contributed by atoms with E-state index in [1.165, 1.54) is 0 Å². The largest absolute Gasteiger partial charge is 0.399 e. The number of rotatable bonds is 5. The molecule has 1 aromatic carbocycles. The first-order valence-electron chi connectivity index (χ1n) is 6.05. The Labute approximate surface area is 110 Å². The summed E-state index contributed by atoms with van der Waals surface area (Å²) in [5.41, 5.74) is 7.00. The van der Waals surface area contributed by atoms with Crippen molar-refractivity contribution in [2.45, 2.75) is 19.9 Å². The van der Waals surface area contributed by atoms with Crippen molar-refractivity contribution in [1.82, 2.24) is 9.55 Å². The molecule has 0 spiro atoms.